The van der Waals surface area contributed by atoms with Crippen molar-refractivity contribution in [2.75, 3.05) is 11.4 Å². The van der Waals surface area contributed by atoms with Gasteiger partial charge in [0.2, 0.25) is 5.91 Å². The van der Waals surface area contributed by atoms with Gasteiger partial charge in [0.1, 0.15) is 5.60 Å². The first-order valence-electron chi connectivity index (χ1n) is 8.81. The van der Waals surface area contributed by atoms with Crippen molar-refractivity contribution in [3.8, 4) is 0 Å². The molecule has 6 heteroatoms. The third kappa shape index (κ3) is 6.96. The van der Waals surface area contributed by atoms with Crippen LogP contribution < -0.4 is 4.90 Å². The Kier molecular flexibility index (Phi) is 7.33. The lowest BCUT2D eigenvalue weighted by molar-refractivity contribution is -0.155. The van der Waals surface area contributed by atoms with Crippen molar-refractivity contribution in [1.82, 2.24) is 4.98 Å². The first-order chi connectivity index (χ1) is 12.3. The van der Waals surface area contributed by atoms with E-state index >= 15 is 0 Å². The van der Waals surface area contributed by atoms with Crippen molar-refractivity contribution in [3.05, 3.63) is 47.5 Å². The number of benzene rings is 1. The SMILES string of the molecule is CC(C)(C)OC(=O)CCC(=O)N(CCCc1ccccc1)c1nccs1. The molecule has 0 radical (unpaired) electrons. The van der Waals surface area contributed by atoms with E-state index in [1.807, 2.05) is 44.4 Å². The number of carbonyl (C=O) groups excluding carboxylic acids is 2. The summed E-state index contributed by atoms with van der Waals surface area (Å²) < 4.78 is 5.27. The van der Waals surface area contributed by atoms with Crippen LogP contribution in [0.25, 0.3) is 0 Å². The van der Waals surface area contributed by atoms with Crippen LogP contribution in [0.4, 0.5) is 5.13 Å². The zero-order valence-corrected chi connectivity index (χ0v) is 16.4. The first kappa shape index (κ1) is 20.1. The van der Waals surface area contributed by atoms with Gasteiger partial charge in [-0.2, -0.15) is 0 Å². The number of ether oxygens (including phenoxy) is 1. The smallest absolute Gasteiger partial charge is 0.306 e. The van der Waals surface area contributed by atoms with Crippen LogP contribution in [0.2, 0.25) is 0 Å². The second-order valence-corrected chi connectivity index (χ2v) is 7.91. The lowest BCUT2D eigenvalue weighted by atomic mass is 10.1. The van der Waals surface area contributed by atoms with Crippen LogP contribution in [-0.4, -0.2) is 29.0 Å². The molecule has 1 aromatic carbocycles. The molecule has 2 aromatic rings. The van der Waals surface area contributed by atoms with Crippen LogP contribution in [0.5, 0.6) is 0 Å². The van der Waals surface area contributed by atoms with Crippen molar-refractivity contribution in [2.45, 2.75) is 52.1 Å². The molecule has 0 atom stereocenters. The summed E-state index contributed by atoms with van der Waals surface area (Å²) in [6.07, 6.45) is 3.62. The number of anilines is 1. The van der Waals surface area contributed by atoms with E-state index in [1.54, 1.807) is 11.1 Å². The van der Waals surface area contributed by atoms with Gasteiger partial charge in [0.25, 0.3) is 0 Å². The number of nitrogens with zero attached hydrogens (tertiary/aromatic N) is 2. The third-order valence-corrected chi connectivity index (χ3v) is 4.40. The summed E-state index contributed by atoms with van der Waals surface area (Å²) >= 11 is 1.43. The van der Waals surface area contributed by atoms with Gasteiger partial charge < -0.3 is 4.74 Å². The molecule has 1 amide bonds. The van der Waals surface area contributed by atoms with E-state index in [0.717, 1.165) is 12.8 Å². The third-order valence-electron chi connectivity index (χ3n) is 3.60. The zero-order chi connectivity index (χ0) is 19.0. The van der Waals surface area contributed by atoms with E-state index in [0.29, 0.717) is 11.7 Å². The minimum atomic E-state index is -0.537. The molecule has 0 spiro atoms. The Balaban J connectivity index is 1.90. The van der Waals surface area contributed by atoms with Gasteiger partial charge in [-0.15, -0.1) is 11.3 Å². The molecule has 0 saturated carbocycles. The average molecular weight is 375 g/mol. The molecule has 0 aliphatic carbocycles. The van der Waals surface area contributed by atoms with Crippen molar-refractivity contribution in [2.24, 2.45) is 0 Å². The fraction of sp³-hybridized carbons (Fsp3) is 0.450. The predicted octanol–water partition coefficient (Wildman–Crippen LogP) is 4.23. The van der Waals surface area contributed by atoms with E-state index in [1.165, 1.54) is 16.9 Å². The quantitative estimate of drug-likeness (QED) is 0.649. The van der Waals surface area contributed by atoms with E-state index in [2.05, 4.69) is 17.1 Å². The second-order valence-electron chi connectivity index (χ2n) is 7.04. The lowest BCUT2D eigenvalue weighted by Gasteiger charge is -2.21. The molecule has 0 aliphatic rings. The van der Waals surface area contributed by atoms with Gasteiger partial charge in [-0.3, -0.25) is 14.5 Å². The fourth-order valence-electron chi connectivity index (χ4n) is 2.50. The van der Waals surface area contributed by atoms with Crippen molar-refractivity contribution < 1.29 is 14.3 Å². The summed E-state index contributed by atoms with van der Waals surface area (Å²) in [5.41, 5.74) is 0.706. The van der Waals surface area contributed by atoms with Crippen LogP contribution in [-0.2, 0) is 20.7 Å². The van der Waals surface area contributed by atoms with Crippen LogP contribution in [0.1, 0.15) is 45.6 Å². The van der Waals surface area contributed by atoms with E-state index in [4.69, 9.17) is 4.74 Å². The van der Waals surface area contributed by atoms with E-state index in [-0.39, 0.29) is 24.7 Å². The minimum Gasteiger partial charge on any atom is -0.460 e. The highest BCUT2D eigenvalue weighted by molar-refractivity contribution is 7.13. The largest absolute Gasteiger partial charge is 0.460 e. The number of hydrogen-bond acceptors (Lipinski definition) is 5. The number of aryl methyl sites for hydroxylation is 1. The Morgan fingerprint density at radius 3 is 2.50 bits per heavy atom. The number of rotatable bonds is 8. The molecule has 0 N–H and O–H groups in total. The summed E-state index contributed by atoms with van der Waals surface area (Å²) in [5, 5.41) is 2.52. The molecule has 0 fully saturated rings. The van der Waals surface area contributed by atoms with E-state index in [9.17, 15) is 9.59 Å². The van der Waals surface area contributed by atoms with Crippen LogP contribution in [0.3, 0.4) is 0 Å². The normalized spacial score (nSPS) is 11.2. The maximum absolute atomic E-state index is 12.6. The maximum atomic E-state index is 12.6. The Hall–Kier alpha value is -2.21. The van der Waals surface area contributed by atoms with Gasteiger partial charge >= 0.3 is 5.97 Å². The highest BCUT2D eigenvalue weighted by atomic mass is 32.1. The number of hydrogen-bond donors (Lipinski definition) is 0. The molecular weight excluding hydrogens is 348 g/mol. The summed E-state index contributed by atoms with van der Waals surface area (Å²) in [5.74, 6) is -0.451. The average Bonchev–Trinajstić information content (AvgIpc) is 3.10. The topological polar surface area (TPSA) is 59.5 Å². The number of amides is 1. The second kappa shape index (κ2) is 9.48. The Morgan fingerprint density at radius 2 is 1.88 bits per heavy atom. The Labute approximate surface area is 159 Å². The molecule has 26 heavy (non-hydrogen) atoms. The monoisotopic (exact) mass is 374 g/mol. The molecule has 1 heterocycles. The maximum Gasteiger partial charge on any atom is 0.306 e. The van der Waals surface area contributed by atoms with Crippen molar-refractivity contribution in [3.63, 3.8) is 0 Å². The lowest BCUT2D eigenvalue weighted by Crippen LogP contribution is -2.33. The van der Waals surface area contributed by atoms with Gasteiger partial charge in [0, 0.05) is 24.5 Å². The fourth-order valence-corrected chi connectivity index (χ4v) is 3.18. The number of carbonyl (C=O) groups is 2. The highest BCUT2D eigenvalue weighted by Gasteiger charge is 2.21. The summed E-state index contributed by atoms with van der Waals surface area (Å²) in [6.45, 7) is 6.03. The Bertz CT molecular complexity index is 694. The van der Waals surface area contributed by atoms with Gasteiger partial charge in [-0.05, 0) is 39.2 Å². The molecule has 140 valence electrons. The molecule has 2 rings (SSSR count). The minimum absolute atomic E-state index is 0.0800. The van der Waals surface area contributed by atoms with Crippen molar-refractivity contribution >= 4 is 28.3 Å². The summed E-state index contributed by atoms with van der Waals surface area (Å²) in [7, 11) is 0. The summed E-state index contributed by atoms with van der Waals surface area (Å²) in [4.78, 5) is 30.4. The number of thiazole rings is 1. The standard InChI is InChI=1S/C20H26N2O3S/c1-20(2,3)25-18(24)12-11-17(23)22(19-21-13-15-26-19)14-7-10-16-8-5-4-6-9-16/h4-6,8-9,13,15H,7,10-12,14H2,1-3H3. The van der Waals surface area contributed by atoms with Crippen LogP contribution in [0.15, 0.2) is 41.9 Å². The van der Waals surface area contributed by atoms with Gasteiger partial charge in [0.15, 0.2) is 5.13 Å². The van der Waals surface area contributed by atoms with Crippen LogP contribution >= 0.6 is 11.3 Å². The van der Waals surface area contributed by atoms with Gasteiger partial charge in [-0.1, -0.05) is 30.3 Å². The van der Waals surface area contributed by atoms with E-state index < -0.39 is 5.60 Å². The first-order valence-corrected chi connectivity index (χ1v) is 9.69. The Morgan fingerprint density at radius 1 is 1.15 bits per heavy atom. The molecular formula is C20H26N2O3S. The summed E-state index contributed by atoms with van der Waals surface area (Å²) in [6, 6.07) is 10.2. The van der Waals surface area contributed by atoms with Gasteiger partial charge in [-0.25, -0.2) is 4.98 Å². The molecule has 5 nitrogen and oxygen atoms in total. The molecule has 0 unspecified atom stereocenters. The molecule has 0 aliphatic heterocycles. The zero-order valence-electron chi connectivity index (χ0n) is 15.6. The van der Waals surface area contributed by atoms with Crippen molar-refractivity contribution in [1.29, 1.82) is 0 Å². The highest BCUT2D eigenvalue weighted by Crippen LogP contribution is 2.20. The number of aromatic nitrogens is 1. The van der Waals surface area contributed by atoms with Crippen LogP contribution in [0, 0.1) is 0 Å². The number of esters is 1. The predicted molar refractivity (Wildman–Crippen MR) is 104 cm³/mol. The molecule has 1 aromatic heterocycles. The van der Waals surface area contributed by atoms with Gasteiger partial charge in [0.05, 0.1) is 6.42 Å². The molecule has 0 saturated heterocycles. The molecule has 0 bridgehead atoms.